The number of amides is 1. The molecular weight excluding hydrogens is 354 g/mol. The van der Waals surface area contributed by atoms with E-state index in [2.05, 4.69) is 20.7 Å². The zero-order valence-corrected chi connectivity index (χ0v) is 15.2. The molecular formula is C17H21N5O5. The molecule has 0 fully saturated rings. The van der Waals surface area contributed by atoms with Gasteiger partial charge < -0.3 is 15.2 Å². The molecule has 144 valence electrons. The minimum absolute atomic E-state index is 0.332. The minimum atomic E-state index is -1.27. The van der Waals surface area contributed by atoms with Crippen molar-refractivity contribution < 1.29 is 24.2 Å². The summed E-state index contributed by atoms with van der Waals surface area (Å²) in [5.41, 5.74) is -0.0518. The lowest BCUT2D eigenvalue weighted by Crippen LogP contribution is -2.45. The molecule has 2 aromatic rings. The van der Waals surface area contributed by atoms with Crippen LogP contribution in [0.1, 0.15) is 27.2 Å². The third-order valence-electron chi connectivity index (χ3n) is 3.24. The Hall–Kier alpha value is -3.30. The number of nitrogens with zero attached hydrogens (tertiary/aromatic N) is 4. The largest absolute Gasteiger partial charge is 0.481 e. The smallest absolute Gasteiger partial charge is 0.408 e. The van der Waals surface area contributed by atoms with Crippen molar-refractivity contribution in [3.05, 3.63) is 30.3 Å². The van der Waals surface area contributed by atoms with Crippen LogP contribution in [-0.4, -0.2) is 54.8 Å². The van der Waals surface area contributed by atoms with Gasteiger partial charge in [0.2, 0.25) is 5.82 Å². The van der Waals surface area contributed by atoms with Crippen LogP contribution in [0, 0.1) is 0 Å². The first kappa shape index (κ1) is 20.0. The first-order valence-electron chi connectivity index (χ1n) is 8.21. The lowest BCUT2D eigenvalue weighted by atomic mass is 10.1. The fraction of sp³-hybridized carbons (Fsp3) is 0.412. The standard InChI is InChI=1S/C17H21N5O5/c1-17(2,3)27-16(26)18-12(9-14(24)25)13(23)10-22-20-15(19-21-22)11-7-5-4-6-8-11/h4-8,12H,9-10H2,1-3H3,(H,18,26)(H,24,25). The van der Waals surface area contributed by atoms with Crippen molar-refractivity contribution >= 4 is 17.8 Å². The van der Waals surface area contributed by atoms with E-state index in [4.69, 9.17) is 9.84 Å². The molecule has 0 aliphatic rings. The Bertz CT molecular complexity index is 813. The molecule has 0 saturated carbocycles. The van der Waals surface area contributed by atoms with E-state index < -0.39 is 35.9 Å². The summed E-state index contributed by atoms with van der Waals surface area (Å²) in [5, 5.41) is 23.1. The molecule has 0 aliphatic heterocycles. The third kappa shape index (κ3) is 6.49. The van der Waals surface area contributed by atoms with Crippen LogP contribution in [-0.2, 0) is 20.9 Å². The number of carbonyl (C=O) groups is 3. The molecule has 0 bridgehead atoms. The van der Waals surface area contributed by atoms with Gasteiger partial charge in [0, 0.05) is 5.56 Å². The van der Waals surface area contributed by atoms with E-state index in [0.717, 1.165) is 10.4 Å². The number of Topliss-reactive ketones (excluding diaryl/α,β-unsaturated/α-hetero) is 1. The van der Waals surface area contributed by atoms with Crippen molar-refractivity contribution in [3.8, 4) is 11.4 Å². The molecule has 0 spiro atoms. The van der Waals surface area contributed by atoms with Gasteiger partial charge in [0.15, 0.2) is 5.78 Å². The van der Waals surface area contributed by atoms with E-state index >= 15 is 0 Å². The normalized spacial score (nSPS) is 12.3. The monoisotopic (exact) mass is 375 g/mol. The maximum Gasteiger partial charge on any atom is 0.408 e. The Balaban J connectivity index is 2.06. The number of aliphatic carboxylic acids is 1. The predicted molar refractivity (Wildman–Crippen MR) is 93.7 cm³/mol. The first-order chi connectivity index (χ1) is 12.6. The maximum atomic E-state index is 12.4. The quantitative estimate of drug-likeness (QED) is 0.738. The molecule has 27 heavy (non-hydrogen) atoms. The fourth-order valence-corrected chi connectivity index (χ4v) is 2.13. The van der Waals surface area contributed by atoms with Gasteiger partial charge >= 0.3 is 12.1 Å². The van der Waals surface area contributed by atoms with Crippen molar-refractivity contribution in [1.29, 1.82) is 0 Å². The molecule has 10 heteroatoms. The zero-order valence-electron chi connectivity index (χ0n) is 15.2. The number of hydrogen-bond acceptors (Lipinski definition) is 7. The highest BCUT2D eigenvalue weighted by atomic mass is 16.6. The Morgan fingerprint density at radius 2 is 1.89 bits per heavy atom. The minimum Gasteiger partial charge on any atom is -0.481 e. The van der Waals surface area contributed by atoms with Crippen molar-refractivity contribution in [3.63, 3.8) is 0 Å². The van der Waals surface area contributed by atoms with Crippen LogP contribution >= 0.6 is 0 Å². The highest BCUT2D eigenvalue weighted by Crippen LogP contribution is 2.12. The third-order valence-corrected chi connectivity index (χ3v) is 3.24. The second-order valence-corrected chi connectivity index (χ2v) is 6.77. The maximum absolute atomic E-state index is 12.4. The van der Waals surface area contributed by atoms with Crippen LogP contribution in [0.2, 0.25) is 0 Å². The molecule has 10 nitrogen and oxygen atoms in total. The van der Waals surface area contributed by atoms with Crippen LogP contribution in [0.5, 0.6) is 0 Å². The number of aromatic nitrogens is 4. The summed E-state index contributed by atoms with van der Waals surface area (Å²) in [4.78, 5) is 36.4. The van der Waals surface area contributed by atoms with Gasteiger partial charge in [0.25, 0.3) is 0 Å². The Morgan fingerprint density at radius 3 is 2.48 bits per heavy atom. The second kappa shape index (κ2) is 8.39. The summed E-state index contributed by atoms with van der Waals surface area (Å²) in [6.45, 7) is 4.63. The highest BCUT2D eigenvalue weighted by Gasteiger charge is 2.27. The first-order valence-corrected chi connectivity index (χ1v) is 8.21. The lowest BCUT2D eigenvalue weighted by molar-refractivity contribution is -0.139. The van der Waals surface area contributed by atoms with Gasteiger partial charge in [-0.3, -0.25) is 9.59 Å². The van der Waals surface area contributed by atoms with Crippen molar-refractivity contribution in [1.82, 2.24) is 25.5 Å². The lowest BCUT2D eigenvalue weighted by Gasteiger charge is -2.22. The SMILES string of the molecule is CC(C)(C)OC(=O)NC(CC(=O)O)C(=O)Cn1nnc(-c2ccccc2)n1. The van der Waals surface area contributed by atoms with E-state index in [0.29, 0.717) is 5.82 Å². The van der Waals surface area contributed by atoms with E-state index in [1.165, 1.54) is 0 Å². The fourth-order valence-electron chi connectivity index (χ4n) is 2.13. The van der Waals surface area contributed by atoms with Gasteiger partial charge in [0.1, 0.15) is 18.2 Å². The summed E-state index contributed by atoms with van der Waals surface area (Å²) in [6, 6.07) is 7.78. The molecule has 1 unspecified atom stereocenters. The number of rotatable bonds is 7. The summed E-state index contributed by atoms with van der Waals surface area (Å²) in [5.74, 6) is -1.49. The molecule has 2 rings (SSSR count). The molecule has 0 aliphatic carbocycles. The molecule has 1 aromatic carbocycles. The molecule has 1 amide bonds. The summed E-state index contributed by atoms with van der Waals surface area (Å²) >= 11 is 0. The van der Waals surface area contributed by atoms with E-state index in [1.54, 1.807) is 32.9 Å². The van der Waals surface area contributed by atoms with Crippen LogP contribution in [0.25, 0.3) is 11.4 Å². The number of benzene rings is 1. The summed E-state index contributed by atoms with van der Waals surface area (Å²) in [6.07, 6.45) is -1.46. The second-order valence-electron chi connectivity index (χ2n) is 6.77. The molecule has 1 heterocycles. The molecule has 2 N–H and O–H groups in total. The van der Waals surface area contributed by atoms with Crippen molar-refractivity contribution in [2.75, 3.05) is 0 Å². The number of carboxylic acids is 1. The zero-order chi connectivity index (χ0) is 20.0. The number of ether oxygens (including phenoxy) is 1. The van der Waals surface area contributed by atoms with Crippen molar-refractivity contribution in [2.24, 2.45) is 0 Å². The number of ketones is 1. The number of carboxylic acid groups (broad SMARTS) is 1. The van der Waals surface area contributed by atoms with Crippen LogP contribution < -0.4 is 5.32 Å². The highest BCUT2D eigenvalue weighted by molar-refractivity contribution is 5.90. The summed E-state index contributed by atoms with van der Waals surface area (Å²) in [7, 11) is 0. The van der Waals surface area contributed by atoms with Gasteiger partial charge in [0.05, 0.1) is 6.42 Å². The Labute approximate surface area is 155 Å². The van der Waals surface area contributed by atoms with E-state index in [9.17, 15) is 14.4 Å². The molecule has 0 saturated heterocycles. The number of carbonyl (C=O) groups excluding carboxylic acids is 2. The van der Waals surface area contributed by atoms with Gasteiger partial charge in [-0.05, 0) is 26.0 Å². The van der Waals surface area contributed by atoms with Crippen LogP contribution in [0.3, 0.4) is 0 Å². The van der Waals surface area contributed by atoms with E-state index in [-0.39, 0.29) is 6.54 Å². The van der Waals surface area contributed by atoms with Gasteiger partial charge in [-0.2, -0.15) is 4.80 Å². The number of hydrogen-bond donors (Lipinski definition) is 2. The number of alkyl carbamates (subject to hydrolysis) is 1. The van der Waals surface area contributed by atoms with Gasteiger partial charge in [-0.15, -0.1) is 10.2 Å². The van der Waals surface area contributed by atoms with Gasteiger partial charge in [-0.25, -0.2) is 4.79 Å². The van der Waals surface area contributed by atoms with Crippen LogP contribution in [0.15, 0.2) is 30.3 Å². The topological polar surface area (TPSA) is 136 Å². The number of tetrazole rings is 1. The van der Waals surface area contributed by atoms with E-state index in [1.807, 2.05) is 18.2 Å². The summed E-state index contributed by atoms with van der Waals surface area (Å²) < 4.78 is 5.07. The van der Waals surface area contributed by atoms with Gasteiger partial charge in [-0.1, -0.05) is 30.3 Å². The molecule has 0 radical (unpaired) electrons. The average Bonchev–Trinajstić information content (AvgIpc) is 3.01. The van der Waals surface area contributed by atoms with Crippen LogP contribution in [0.4, 0.5) is 4.79 Å². The Kier molecular flexibility index (Phi) is 6.22. The molecule has 1 aromatic heterocycles. The Morgan fingerprint density at radius 1 is 1.22 bits per heavy atom. The average molecular weight is 375 g/mol. The predicted octanol–water partition coefficient (Wildman–Crippen LogP) is 1.28. The van der Waals surface area contributed by atoms with Crippen molar-refractivity contribution in [2.45, 2.75) is 45.4 Å². The number of nitrogens with one attached hydrogen (secondary N) is 1. The molecule has 1 atom stereocenters.